The molecule has 0 radical (unpaired) electrons. The number of H-pyrrole nitrogens is 1. The number of pyridine rings is 2. The van der Waals surface area contributed by atoms with Crippen molar-refractivity contribution in [3.8, 4) is 11.1 Å². The molecule has 150 valence electrons. The Morgan fingerprint density at radius 1 is 1.24 bits per heavy atom. The fraction of sp³-hybridized carbons (Fsp3) is 0.304. The van der Waals surface area contributed by atoms with Crippen LogP contribution in [0, 0.1) is 0 Å². The number of fused-ring (bicyclic) bond motifs is 2. The van der Waals surface area contributed by atoms with E-state index in [-0.39, 0.29) is 0 Å². The standard InChI is InChI=1S/C23H26ClN5/c1-4-6-17(7-5-2)27-15(3)19-14-26-29-11-10-16(12-21(19)29)20-13-25-23-18(20)8-9-22(24)28-23/h8-14,17,27H,3-7H2,1-2H3,(H,25,28). The van der Waals surface area contributed by atoms with E-state index in [9.17, 15) is 0 Å². The smallest absolute Gasteiger partial charge is 0.139 e. The first-order chi connectivity index (χ1) is 14.1. The predicted molar refractivity (Wildman–Crippen MR) is 121 cm³/mol. The molecule has 4 aromatic rings. The Balaban J connectivity index is 1.70. The molecule has 0 aliphatic heterocycles. The fourth-order valence-corrected chi connectivity index (χ4v) is 4.06. The van der Waals surface area contributed by atoms with E-state index in [4.69, 9.17) is 11.6 Å². The van der Waals surface area contributed by atoms with Crippen LogP contribution in [0.2, 0.25) is 5.15 Å². The molecule has 0 saturated heterocycles. The van der Waals surface area contributed by atoms with Crippen molar-refractivity contribution < 1.29 is 0 Å². The minimum atomic E-state index is 0.445. The van der Waals surface area contributed by atoms with Crippen LogP contribution in [-0.4, -0.2) is 25.6 Å². The van der Waals surface area contributed by atoms with E-state index in [0.29, 0.717) is 11.2 Å². The van der Waals surface area contributed by atoms with Gasteiger partial charge in [0.15, 0.2) is 0 Å². The van der Waals surface area contributed by atoms with Crippen LogP contribution in [0.1, 0.15) is 45.1 Å². The van der Waals surface area contributed by atoms with Gasteiger partial charge in [-0.1, -0.05) is 44.9 Å². The summed E-state index contributed by atoms with van der Waals surface area (Å²) in [6, 6.07) is 8.48. The van der Waals surface area contributed by atoms with Gasteiger partial charge in [0.05, 0.1) is 11.7 Å². The molecule has 0 aliphatic rings. The van der Waals surface area contributed by atoms with Gasteiger partial charge in [-0.25, -0.2) is 9.50 Å². The third-order valence-corrected chi connectivity index (χ3v) is 5.53. The maximum Gasteiger partial charge on any atom is 0.139 e. The fourth-order valence-electron chi connectivity index (χ4n) is 3.91. The van der Waals surface area contributed by atoms with Gasteiger partial charge >= 0.3 is 0 Å². The Morgan fingerprint density at radius 2 is 2.03 bits per heavy atom. The lowest BCUT2D eigenvalue weighted by Gasteiger charge is -2.20. The first-order valence-corrected chi connectivity index (χ1v) is 10.6. The Labute approximate surface area is 175 Å². The second kappa shape index (κ2) is 8.29. The van der Waals surface area contributed by atoms with Crippen molar-refractivity contribution in [1.82, 2.24) is 24.9 Å². The SMILES string of the molecule is C=C(NC(CCC)CCC)c1cnn2ccc(-c3c[nH]c4nc(Cl)ccc34)cc12. The number of nitrogens with zero attached hydrogens (tertiary/aromatic N) is 3. The zero-order valence-corrected chi connectivity index (χ0v) is 17.6. The Hall–Kier alpha value is -2.79. The number of halogens is 1. The molecule has 4 heterocycles. The average Bonchev–Trinajstić information content (AvgIpc) is 3.31. The molecule has 0 saturated carbocycles. The van der Waals surface area contributed by atoms with Gasteiger partial charge in [0.25, 0.3) is 0 Å². The summed E-state index contributed by atoms with van der Waals surface area (Å²) in [5.41, 5.74) is 5.96. The number of nitrogens with one attached hydrogen (secondary N) is 2. The van der Waals surface area contributed by atoms with E-state index in [1.807, 2.05) is 35.2 Å². The lowest BCUT2D eigenvalue weighted by atomic mass is 10.0. The normalized spacial score (nSPS) is 11.6. The molecule has 0 spiro atoms. The quantitative estimate of drug-likeness (QED) is 0.349. The Bertz CT molecular complexity index is 1150. The molecule has 6 heteroatoms. The molecule has 0 fully saturated rings. The maximum atomic E-state index is 6.02. The van der Waals surface area contributed by atoms with Crippen molar-refractivity contribution in [2.45, 2.75) is 45.6 Å². The van der Waals surface area contributed by atoms with Crippen molar-refractivity contribution >= 4 is 33.8 Å². The molecule has 29 heavy (non-hydrogen) atoms. The van der Waals surface area contributed by atoms with Gasteiger partial charge in [-0.15, -0.1) is 0 Å². The van der Waals surface area contributed by atoms with Crippen molar-refractivity contribution in [3.05, 3.63) is 60.2 Å². The number of aromatic nitrogens is 4. The van der Waals surface area contributed by atoms with E-state index >= 15 is 0 Å². The predicted octanol–water partition coefficient (Wildman–Crippen LogP) is 6.06. The molecule has 0 atom stereocenters. The lowest BCUT2D eigenvalue weighted by Crippen LogP contribution is -2.27. The molecule has 0 amide bonds. The lowest BCUT2D eigenvalue weighted by molar-refractivity contribution is 0.502. The summed E-state index contributed by atoms with van der Waals surface area (Å²) >= 11 is 6.02. The molecule has 0 unspecified atom stereocenters. The maximum absolute atomic E-state index is 6.02. The van der Waals surface area contributed by atoms with Crippen molar-refractivity contribution in [3.63, 3.8) is 0 Å². The minimum Gasteiger partial charge on any atom is -0.382 e. The van der Waals surface area contributed by atoms with E-state index in [0.717, 1.165) is 64.6 Å². The van der Waals surface area contributed by atoms with Gasteiger partial charge < -0.3 is 10.3 Å². The summed E-state index contributed by atoms with van der Waals surface area (Å²) in [7, 11) is 0. The van der Waals surface area contributed by atoms with Gasteiger partial charge in [0, 0.05) is 40.6 Å². The second-order valence-corrected chi connectivity index (χ2v) is 7.82. The number of hydrogen-bond acceptors (Lipinski definition) is 3. The third kappa shape index (κ3) is 3.87. The molecular formula is C23H26ClN5. The van der Waals surface area contributed by atoms with E-state index < -0.39 is 0 Å². The van der Waals surface area contributed by atoms with Crippen LogP contribution in [0.3, 0.4) is 0 Å². The van der Waals surface area contributed by atoms with Crippen molar-refractivity contribution in [2.75, 3.05) is 0 Å². The third-order valence-electron chi connectivity index (χ3n) is 5.31. The van der Waals surface area contributed by atoms with E-state index in [2.05, 4.69) is 52.9 Å². The summed E-state index contributed by atoms with van der Waals surface area (Å²) < 4.78 is 1.89. The first kappa shape index (κ1) is 19.5. The number of hydrogen-bond donors (Lipinski definition) is 2. The number of rotatable bonds is 8. The molecule has 4 rings (SSSR count). The minimum absolute atomic E-state index is 0.445. The summed E-state index contributed by atoms with van der Waals surface area (Å²) in [5.74, 6) is 0. The van der Waals surface area contributed by atoms with Crippen molar-refractivity contribution in [1.29, 1.82) is 0 Å². The van der Waals surface area contributed by atoms with Crippen molar-refractivity contribution in [2.24, 2.45) is 0 Å². The molecule has 2 N–H and O–H groups in total. The highest BCUT2D eigenvalue weighted by Gasteiger charge is 2.14. The van der Waals surface area contributed by atoms with Crippen LogP contribution in [0.25, 0.3) is 33.4 Å². The van der Waals surface area contributed by atoms with Gasteiger partial charge in [-0.3, -0.25) is 0 Å². The Morgan fingerprint density at radius 3 is 2.79 bits per heavy atom. The second-order valence-electron chi connectivity index (χ2n) is 7.43. The molecule has 0 aromatic carbocycles. The summed E-state index contributed by atoms with van der Waals surface area (Å²) in [5, 5.41) is 9.66. The summed E-state index contributed by atoms with van der Waals surface area (Å²) in [4.78, 5) is 7.57. The molecule has 0 bridgehead atoms. The van der Waals surface area contributed by atoms with Crippen LogP contribution < -0.4 is 5.32 Å². The highest BCUT2D eigenvalue weighted by atomic mass is 35.5. The van der Waals surface area contributed by atoms with Crippen LogP contribution >= 0.6 is 11.6 Å². The summed E-state index contributed by atoms with van der Waals surface area (Å²) in [6.07, 6.45) is 10.4. The van der Waals surface area contributed by atoms with Gasteiger partial charge in [-0.05, 0) is 42.7 Å². The molecule has 5 nitrogen and oxygen atoms in total. The van der Waals surface area contributed by atoms with Gasteiger partial charge in [-0.2, -0.15) is 5.10 Å². The molecular weight excluding hydrogens is 382 g/mol. The van der Waals surface area contributed by atoms with Crippen LogP contribution in [0.4, 0.5) is 0 Å². The highest BCUT2D eigenvalue weighted by molar-refractivity contribution is 6.29. The summed E-state index contributed by atoms with van der Waals surface area (Å²) in [6.45, 7) is 8.75. The van der Waals surface area contributed by atoms with Crippen LogP contribution in [0.15, 0.2) is 49.4 Å². The van der Waals surface area contributed by atoms with Gasteiger partial charge in [0.1, 0.15) is 10.8 Å². The van der Waals surface area contributed by atoms with Crippen LogP contribution in [0.5, 0.6) is 0 Å². The Kier molecular flexibility index (Phi) is 5.58. The highest BCUT2D eigenvalue weighted by Crippen LogP contribution is 2.30. The largest absolute Gasteiger partial charge is 0.382 e. The molecule has 0 aliphatic carbocycles. The molecule has 4 aromatic heterocycles. The number of aromatic amines is 1. The zero-order chi connectivity index (χ0) is 20.4. The first-order valence-electron chi connectivity index (χ1n) is 10.2. The topological polar surface area (TPSA) is 58.0 Å². The van der Waals surface area contributed by atoms with Crippen LogP contribution in [-0.2, 0) is 0 Å². The average molecular weight is 408 g/mol. The van der Waals surface area contributed by atoms with E-state index in [1.165, 1.54) is 0 Å². The van der Waals surface area contributed by atoms with E-state index in [1.54, 1.807) is 0 Å². The van der Waals surface area contributed by atoms with Gasteiger partial charge in [0.2, 0.25) is 0 Å². The zero-order valence-electron chi connectivity index (χ0n) is 16.9. The monoisotopic (exact) mass is 407 g/mol.